The molecule has 3 rings (SSSR count). The van der Waals surface area contributed by atoms with Gasteiger partial charge < -0.3 is 10.1 Å². The molecule has 1 N–H and O–H groups in total. The average Bonchev–Trinajstić information content (AvgIpc) is 3.16. The van der Waals surface area contributed by atoms with Crippen LogP contribution in [0.15, 0.2) is 18.2 Å². The molecule has 0 unspecified atom stereocenters. The van der Waals surface area contributed by atoms with Crippen molar-refractivity contribution in [3.8, 4) is 16.3 Å². The van der Waals surface area contributed by atoms with Gasteiger partial charge in [-0.2, -0.15) is 0 Å². The van der Waals surface area contributed by atoms with Crippen LogP contribution in [0.3, 0.4) is 0 Å². The smallest absolute Gasteiger partial charge is 0.147 e. The van der Waals surface area contributed by atoms with Gasteiger partial charge in [0.05, 0.1) is 7.11 Å². The van der Waals surface area contributed by atoms with Gasteiger partial charge in [0.2, 0.25) is 0 Å². The van der Waals surface area contributed by atoms with Crippen molar-refractivity contribution in [2.24, 2.45) is 0 Å². The summed E-state index contributed by atoms with van der Waals surface area (Å²) in [4.78, 5) is 0. The van der Waals surface area contributed by atoms with Crippen molar-refractivity contribution in [3.63, 3.8) is 0 Å². The second kappa shape index (κ2) is 5.89. The van der Waals surface area contributed by atoms with Gasteiger partial charge in [0.1, 0.15) is 15.8 Å². The Morgan fingerprint density at radius 1 is 1.35 bits per heavy atom. The van der Waals surface area contributed by atoms with Crippen LogP contribution in [0.2, 0.25) is 0 Å². The first kappa shape index (κ1) is 13.5. The SMILES string of the molecule is COc1cc(-c2nnc(CCNC3CC3)s2)ccc1C. The number of hydrogen-bond acceptors (Lipinski definition) is 5. The fourth-order valence-electron chi connectivity index (χ4n) is 2.10. The first-order valence-corrected chi connectivity index (χ1v) is 7.78. The van der Waals surface area contributed by atoms with Crippen molar-refractivity contribution in [1.82, 2.24) is 15.5 Å². The van der Waals surface area contributed by atoms with Gasteiger partial charge in [0.25, 0.3) is 0 Å². The maximum Gasteiger partial charge on any atom is 0.147 e. The molecule has 1 aromatic carbocycles. The molecule has 5 heteroatoms. The van der Waals surface area contributed by atoms with E-state index in [1.165, 1.54) is 12.8 Å². The zero-order chi connectivity index (χ0) is 13.9. The van der Waals surface area contributed by atoms with Crippen molar-refractivity contribution in [1.29, 1.82) is 0 Å². The van der Waals surface area contributed by atoms with E-state index in [4.69, 9.17) is 4.74 Å². The molecule has 0 radical (unpaired) electrons. The van der Waals surface area contributed by atoms with Gasteiger partial charge in [0, 0.05) is 24.6 Å². The third kappa shape index (κ3) is 3.16. The molecule has 1 fully saturated rings. The Bertz CT molecular complexity index is 593. The highest BCUT2D eigenvalue weighted by Gasteiger charge is 2.20. The summed E-state index contributed by atoms with van der Waals surface area (Å²) >= 11 is 1.67. The standard InChI is InChI=1S/C15H19N3OS/c1-10-3-4-11(9-13(10)19-2)15-18-17-14(20-15)7-8-16-12-5-6-12/h3-4,9,12,16H,5-8H2,1-2H3. The van der Waals surface area contributed by atoms with Crippen LogP contribution in [-0.2, 0) is 6.42 Å². The fourth-order valence-corrected chi connectivity index (χ4v) is 2.93. The van der Waals surface area contributed by atoms with Crippen molar-refractivity contribution >= 4 is 11.3 Å². The molecule has 1 aliphatic rings. The number of benzene rings is 1. The van der Waals surface area contributed by atoms with E-state index in [2.05, 4.69) is 27.6 Å². The van der Waals surface area contributed by atoms with E-state index < -0.39 is 0 Å². The van der Waals surface area contributed by atoms with Crippen LogP contribution in [-0.4, -0.2) is 29.9 Å². The molecule has 1 heterocycles. The van der Waals surface area contributed by atoms with E-state index in [0.29, 0.717) is 0 Å². The van der Waals surface area contributed by atoms with Crippen LogP contribution in [0.25, 0.3) is 10.6 Å². The monoisotopic (exact) mass is 289 g/mol. The van der Waals surface area contributed by atoms with Crippen LogP contribution >= 0.6 is 11.3 Å². The minimum absolute atomic E-state index is 0.753. The molecule has 0 bridgehead atoms. The molecule has 2 aromatic rings. The van der Waals surface area contributed by atoms with E-state index in [9.17, 15) is 0 Å². The molecule has 106 valence electrons. The van der Waals surface area contributed by atoms with Crippen molar-refractivity contribution in [2.45, 2.75) is 32.2 Å². The quantitative estimate of drug-likeness (QED) is 0.888. The Kier molecular flexibility index (Phi) is 3.98. The number of aryl methyl sites for hydroxylation is 1. The number of hydrogen-bond donors (Lipinski definition) is 1. The van der Waals surface area contributed by atoms with Crippen molar-refractivity contribution in [2.75, 3.05) is 13.7 Å². The lowest BCUT2D eigenvalue weighted by atomic mass is 10.1. The maximum atomic E-state index is 5.36. The zero-order valence-electron chi connectivity index (χ0n) is 11.8. The summed E-state index contributed by atoms with van der Waals surface area (Å²) in [5.41, 5.74) is 2.21. The highest BCUT2D eigenvalue weighted by Crippen LogP contribution is 2.29. The van der Waals surface area contributed by atoms with Crippen molar-refractivity contribution < 1.29 is 4.74 Å². The molecular formula is C15H19N3OS. The van der Waals surface area contributed by atoms with Gasteiger partial charge in [-0.25, -0.2) is 0 Å². The number of aromatic nitrogens is 2. The molecule has 1 saturated carbocycles. The molecule has 0 atom stereocenters. The van der Waals surface area contributed by atoms with E-state index in [0.717, 1.165) is 45.9 Å². The summed E-state index contributed by atoms with van der Waals surface area (Å²) in [6.07, 6.45) is 3.60. The Hall–Kier alpha value is -1.46. The van der Waals surface area contributed by atoms with E-state index in [1.54, 1.807) is 18.4 Å². The fraction of sp³-hybridized carbons (Fsp3) is 0.467. The predicted molar refractivity (Wildman–Crippen MR) is 81.4 cm³/mol. The minimum Gasteiger partial charge on any atom is -0.496 e. The molecule has 20 heavy (non-hydrogen) atoms. The normalized spacial score (nSPS) is 14.5. The van der Waals surface area contributed by atoms with Crippen LogP contribution in [0.4, 0.5) is 0 Å². The van der Waals surface area contributed by atoms with Crippen LogP contribution < -0.4 is 10.1 Å². The van der Waals surface area contributed by atoms with Crippen LogP contribution in [0, 0.1) is 6.92 Å². The summed E-state index contributed by atoms with van der Waals surface area (Å²) in [5, 5.41) is 14.1. The van der Waals surface area contributed by atoms with Gasteiger partial charge in [0.15, 0.2) is 0 Å². The summed E-state index contributed by atoms with van der Waals surface area (Å²) in [7, 11) is 1.70. The number of methoxy groups -OCH3 is 1. The third-order valence-electron chi connectivity index (χ3n) is 3.47. The second-order valence-electron chi connectivity index (χ2n) is 5.16. The van der Waals surface area contributed by atoms with Gasteiger partial charge in [-0.15, -0.1) is 10.2 Å². The summed E-state index contributed by atoms with van der Waals surface area (Å²) in [6, 6.07) is 6.92. The average molecular weight is 289 g/mol. The van der Waals surface area contributed by atoms with Gasteiger partial charge in [-0.3, -0.25) is 0 Å². The molecule has 0 saturated heterocycles. The Balaban J connectivity index is 1.68. The molecule has 0 amide bonds. The van der Waals surface area contributed by atoms with Gasteiger partial charge >= 0.3 is 0 Å². The Morgan fingerprint density at radius 3 is 2.95 bits per heavy atom. The van der Waals surface area contributed by atoms with Crippen LogP contribution in [0.5, 0.6) is 5.75 Å². The number of ether oxygens (including phenoxy) is 1. The number of nitrogens with zero attached hydrogens (tertiary/aromatic N) is 2. The highest BCUT2D eigenvalue weighted by atomic mass is 32.1. The molecule has 0 aliphatic heterocycles. The lowest BCUT2D eigenvalue weighted by molar-refractivity contribution is 0.412. The first-order chi connectivity index (χ1) is 9.76. The summed E-state index contributed by atoms with van der Waals surface area (Å²) in [5.74, 6) is 0.898. The highest BCUT2D eigenvalue weighted by molar-refractivity contribution is 7.14. The van der Waals surface area contributed by atoms with Gasteiger partial charge in [-0.1, -0.05) is 23.5 Å². The number of rotatable bonds is 6. The molecule has 1 aromatic heterocycles. The predicted octanol–water partition coefficient (Wildman–Crippen LogP) is 2.82. The summed E-state index contributed by atoms with van der Waals surface area (Å²) < 4.78 is 5.36. The lowest BCUT2D eigenvalue weighted by Gasteiger charge is -2.05. The van der Waals surface area contributed by atoms with Gasteiger partial charge in [-0.05, 0) is 31.4 Å². The third-order valence-corrected chi connectivity index (χ3v) is 4.50. The first-order valence-electron chi connectivity index (χ1n) is 6.97. The number of nitrogens with one attached hydrogen (secondary N) is 1. The van der Waals surface area contributed by atoms with Crippen LogP contribution in [0.1, 0.15) is 23.4 Å². The molecule has 4 nitrogen and oxygen atoms in total. The maximum absolute atomic E-state index is 5.36. The van der Waals surface area contributed by atoms with Crippen molar-refractivity contribution in [3.05, 3.63) is 28.8 Å². The largest absolute Gasteiger partial charge is 0.496 e. The Morgan fingerprint density at radius 2 is 2.20 bits per heavy atom. The summed E-state index contributed by atoms with van der Waals surface area (Å²) in [6.45, 7) is 3.04. The second-order valence-corrected chi connectivity index (χ2v) is 6.23. The van der Waals surface area contributed by atoms with E-state index in [1.807, 2.05) is 13.0 Å². The van der Waals surface area contributed by atoms with E-state index in [-0.39, 0.29) is 0 Å². The topological polar surface area (TPSA) is 47.0 Å². The van der Waals surface area contributed by atoms with E-state index >= 15 is 0 Å². The Labute approximate surface area is 123 Å². The molecule has 1 aliphatic carbocycles. The molecular weight excluding hydrogens is 270 g/mol. The minimum atomic E-state index is 0.753. The molecule has 0 spiro atoms. The lowest BCUT2D eigenvalue weighted by Crippen LogP contribution is -2.19. The zero-order valence-corrected chi connectivity index (χ0v) is 12.7.